The topological polar surface area (TPSA) is 57.7 Å². The molecule has 3 amide bonds. The van der Waals surface area contributed by atoms with Crippen LogP contribution < -0.4 is 9.80 Å². The first kappa shape index (κ1) is 15.9. The Morgan fingerprint density at radius 1 is 1.08 bits per heavy atom. The Bertz CT molecular complexity index is 883. The first-order valence-corrected chi connectivity index (χ1v) is 9.08. The normalized spacial score (nSPS) is 22.0. The van der Waals surface area contributed by atoms with Gasteiger partial charge in [0.05, 0.1) is 11.4 Å². The summed E-state index contributed by atoms with van der Waals surface area (Å²) in [5, 5.41) is 0. The molecular weight excluding hydrogens is 336 g/mol. The zero-order chi connectivity index (χ0) is 17.6. The van der Waals surface area contributed by atoms with Gasteiger partial charge in [-0.05, 0) is 18.2 Å². The summed E-state index contributed by atoms with van der Waals surface area (Å²) >= 11 is 1.28. The van der Waals surface area contributed by atoms with E-state index >= 15 is 0 Å². The van der Waals surface area contributed by atoms with E-state index in [-0.39, 0.29) is 29.9 Å². The standard InChI is InChI=1S/C19H16N2O3S/c1-2-16(22)20-15-11-7-6-10-14(15)19(18(20)24)21(17(23)12-25-19)13-8-4-3-5-9-13/h3-11H,2,12H2,1H3/t19-/m1/s1. The monoisotopic (exact) mass is 352 g/mol. The summed E-state index contributed by atoms with van der Waals surface area (Å²) < 4.78 is 0. The predicted molar refractivity (Wildman–Crippen MR) is 97.3 cm³/mol. The van der Waals surface area contributed by atoms with Crippen LogP contribution in [0.1, 0.15) is 18.9 Å². The van der Waals surface area contributed by atoms with Gasteiger partial charge in [-0.3, -0.25) is 19.3 Å². The van der Waals surface area contributed by atoms with Crippen molar-refractivity contribution in [3.05, 3.63) is 60.2 Å². The molecule has 0 aliphatic carbocycles. The van der Waals surface area contributed by atoms with Gasteiger partial charge in [-0.1, -0.05) is 43.3 Å². The maximum absolute atomic E-state index is 13.4. The van der Waals surface area contributed by atoms with Crippen LogP contribution in [0.4, 0.5) is 11.4 Å². The van der Waals surface area contributed by atoms with Gasteiger partial charge < -0.3 is 0 Å². The molecule has 4 rings (SSSR count). The number of carbonyl (C=O) groups excluding carboxylic acids is 3. The Balaban J connectivity index is 1.95. The highest BCUT2D eigenvalue weighted by Gasteiger charge is 2.61. The van der Waals surface area contributed by atoms with Crippen molar-refractivity contribution in [2.75, 3.05) is 15.6 Å². The van der Waals surface area contributed by atoms with E-state index < -0.39 is 4.87 Å². The summed E-state index contributed by atoms with van der Waals surface area (Å²) in [6, 6.07) is 16.4. The lowest BCUT2D eigenvalue weighted by molar-refractivity contribution is -0.128. The predicted octanol–water partition coefficient (Wildman–Crippen LogP) is 2.90. The molecule has 0 radical (unpaired) electrons. The van der Waals surface area contributed by atoms with Gasteiger partial charge in [-0.25, -0.2) is 4.90 Å². The van der Waals surface area contributed by atoms with Gasteiger partial charge in [-0.15, -0.1) is 11.8 Å². The van der Waals surface area contributed by atoms with Crippen LogP contribution in [0.15, 0.2) is 54.6 Å². The van der Waals surface area contributed by atoms with E-state index in [4.69, 9.17) is 0 Å². The smallest absolute Gasteiger partial charge is 0.275 e. The third-order valence-electron chi connectivity index (χ3n) is 4.54. The van der Waals surface area contributed by atoms with Gasteiger partial charge in [0.1, 0.15) is 0 Å². The van der Waals surface area contributed by atoms with Crippen molar-refractivity contribution in [1.82, 2.24) is 0 Å². The number of imide groups is 1. The Kier molecular flexibility index (Phi) is 3.65. The fraction of sp³-hybridized carbons (Fsp3) is 0.211. The average Bonchev–Trinajstić information content (AvgIpc) is 3.12. The molecule has 5 nitrogen and oxygen atoms in total. The molecule has 1 saturated heterocycles. The first-order chi connectivity index (χ1) is 12.1. The van der Waals surface area contributed by atoms with E-state index in [1.54, 1.807) is 24.0 Å². The molecule has 0 bridgehead atoms. The lowest BCUT2D eigenvalue weighted by atomic mass is 10.0. The third kappa shape index (κ3) is 2.07. The van der Waals surface area contributed by atoms with E-state index in [1.165, 1.54) is 16.7 Å². The molecule has 2 aromatic rings. The SMILES string of the molecule is CCC(=O)N1C(=O)[C@]2(SCC(=O)N2c2ccccc2)c2ccccc21. The van der Waals surface area contributed by atoms with Crippen LogP contribution in [0.2, 0.25) is 0 Å². The van der Waals surface area contributed by atoms with Crippen LogP contribution in [-0.4, -0.2) is 23.5 Å². The van der Waals surface area contributed by atoms with Crippen LogP contribution in [-0.2, 0) is 19.3 Å². The highest BCUT2D eigenvalue weighted by molar-refractivity contribution is 8.02. The number of benzene rings is 2. The van der Waals surface area contributed by atoms with Crippen LogP contribution >= 0.6 is 11.8 Å². The second kappa shape index (κ2) is 5.74. The molecule has 0 unspecified atom stereocenters. The number of amides is 3. The van der Waals surface area contributed by atoms with Crippen LogP contribution in [0.25, 0.3) is 0 Å². The zero-order valence-corrected chi connectivity index (χ0v) is 14.5. The summed E-state index contributed by atoms with van der Waals surface area (Å²) in [6.45, 7) is 1.73. The summed E-state index contributed by atoms with van der Waals surface area (Å²) in [4.78, 5) is 40.1. The summed E-state index contributed by atoms with van der Waals surface area (Å²) in [6.07, 6.45) is 0.222. The second-order valence-electron chi connectivity index (χ2n) is 5.90. The number of thioether (sulfide) groups is 1. The van der Waals surface area contributed by atoms with Gasteiger partial charge in [-0.2, -0.15) is 0 Å². The van der Waals surface area contributed by atoms with Crippen molar-refractivity contribution in [3.63, 3.8) is 0 Å². The highest BCUT2D eigenvalue weighted by Crippen LogP contribution is 2.55. The highest BCUT2D eigenvalue weighted by atomic mass is 32.2. The maximum atomic E-state index is 13.4. The lowest BCUT2D eigenvalue weighted by Crippen LogP contribution is -2.50. The molecule has 25 heavy (non-hydrogen) atoms. The Morgan fingerprint density at radius 3 is 2.48 bits per heavy atom. The summed E-state index contributed by atoms with van der Waals surface area (Å²) in [5.41, 5.74) is 1.93. The Morgan fingerprint density at radius 2 is 1.76 bits per heavy atom. The number of anilines is 2. The summed E-state index contributed by atoms with van der Waals surface area (Å²) in [5.74, 6) is -0.559. The van der Waals surface area contributed by atoms with E-state index in [0.717, 1.165) is 0 Å². The van der Waals surface area contributed by atoms with Crippen molar-refractivity contribution in [2.24, 2.45) is 0 Å². The Labute approximate surface area is 149 Å². The quantitative estimate of drug-likeness (QED) is 0.834. The van der Waals surface area contributed by atoms with Gasteiger partial charge >= 0.3 is 0 Å². The lowest BCUT2D eigenvalue weighted by Gasteiger charge is -2.32. The van der Waals surface area contributed by atoms with Crippen molar-refractivity contribution >= 4 is 40.9 Å². The number of para-hydroxylation sites is 2. The van der Waals surface area contributed by atoms with E-state index in [2.05, 4.69) is 0 Å². The molecule has 2 aromatic carbocycles. The van der Waals surface area contributed by atoms with Crippen molar-refractivity contribution in [1.29, 1.82) is 0 Å². The molecule has 1 fully saturated rings. The van der Waals surface area contributed by atoms with Crippen molar-refractivity contribution < 1.29 is 14.4 Å². The van der Waals surface area contributed by atoms with E-state index in [1.807, 2.05) is 42.5 Å². The van der Waals surface area contributed by atoms with Crippen molar-refractivity contribution in [2.45, 2.75) is 18.2 Å². The van der Waals surface area contributed by atoms with Gasteiger partial charge in [0, 0.05) is 17.7 Å². The number of nitrogens with zero attached hydrogens (tertiary/aromatic N) is 2. The average molecular weight is 352 g/mol. The minimum Gasteiger partial charge on any atom is -0.283 e. The molecular formula is C19H16N2O3S. The number of hydrogen-bond acceptors (Lipinski definition) is 4. The Hall–Kier alpha value is -2.60. The fourth-order valence-electron chi connectivity index (χ4n) is 3.47. The number of rotatable bonds is 2. The molecule has 0 aromatic heterocycles. The molecule has 0 N–H and O–H groups in total. The maximum Gasteiger partial charge on any atom is 0.275 e. The molecule has 1 atom stereocenters. The molecule has 2 aliphatic heterocycles. The minimum absolute atomic E-state index is 0.134. The first-order valence-electron chi connectivity index (χ1n) is 8.10. The molecule has 1 spiro atoms. The molecule has 2 aliphatic rings. The molecule has 0 saturated carbocycles. The number of hydrogen-bond donors (Lipinski definition) is 0. The largest absolute Gasteiger partial charge is 0.283 e. The fourth-order valence-corrected chi connectivity index (χ4v) is 4.81. The minimum atomic E-state index is -1.21. The molecule has 126 valence electrons. The molecule has 2 heterocycles. The van der Waals surface area contributed by atoms with Gasteiger partial charge in [0.25, 0.3) is 5.91 Å². The summed E-state index contributed by atoms with van der Waals surface area (Å²) in [7, 11) is 0. The molecule has 6 heteroatoms. The van der Waals surface area contributed by atoms with Gasteiger partial charge in [0.15, 0.2) is 0 Å². The number of fused-ring (bicyclic) bond motifs is 2. The number of carbonyl (C=O) groups is 3. The van der Waals surface area contributed by atoms with Gasteiger partial charge in [0.2, 0.25) is 16.7 Å². The van der Waals surface area contributed by atoms with Crippen LogP contribution in [0.5, 0.6) is 0 Å². The second-order valence-corrected chi connectivity index (χ2v) is 7.07. The van der Waals surface area contributed by atoms with Crippen molar-refractivity contribution in [3.8, 4) is 0 Å². The van der Waals surface area contributed by atoms with Crippen LogP contribution in [0.3, 0.4) is 0 Å². The van der Waals surface area contributed by atoms with E-state index in [0.29, 0.717) is 16.9 Å². The van der Waals surface area contributed by atoms with E-state index in [9.17, 15) is 14.4 Å². The zero-order valence-electron chi connectivity index (χ0n) is 13.6. The van der Waals surface area contributed by atoms with Crippen LogP contribution in [0, 0.1) is 0 Å². The third-order valence-corrected chi connectivity index (χ3v) is 5.92.